The molecule has 3 rings (SSSR count). The standard InChI is InChI=1S/C17H18N2O2S/c1-11-15(22-10-18-11)14-9-12-7-5-6-8-13(12)19(14)16(20)21-17(2,3)4/h5-10H,1-4H3. The molecule has 2 heterocycles. The number of carbonyl (C=O) groups excluding carboxylic acids is 1. The van der Waals surface area contributed by atoms with Crippen LogP contribution in [0.25, 0.3) is 21.5 Å². The molecule has 0 N–H and O–H groups in total. The van der Waals surface area contributed by atoms with Gasteiger partial charge < -0.3 is 4.74 Å². The van der Waals surface area contributed by atoms with Crippen molar-refractivity contribution in [2.45, 2.75) is 33.3 Å². The van der Waals surface area contributed by atoms with E-state index >= 15 is 0 Å². The highest BCUT2D eigenvalue weighted by Crippen LogP contribution is 2.33. The minimum Gasteiger partial charge on any atom is -0.443 e. The zero-order valence-electron chi connectivity index (χ0n) is 13.1. The molecule has 5 heteroatoms. The van der Waals surface area contributed by atoms with E-state index in [0.29, 0.717) is 0 Å². The van der Waals surface area contributed by atoms with E-state index in [2.05, 4.69) is 4.98 Å². The first kappa shape index (κ1) is 14.8. The number of thiazole rings is 1. The van der Waals surface area contributed by atoms with Gasteiger partial charge in [-0.05, 0) is 39.8 Å². The molecule has 2 aromatic heterocycles. The summed E-state index contributed by atoms with van der Waals surface area (Å²) in [5, 5.41) is 1.01. The molecule has 3 aromatic rings. The molecular weight excluding hydrogens is 296 g/mol. The van der Waals surface area contributed by atoms with E-state index in [4.69, 9.17) is 4.74 Å². The van der Waals surface area contributed by atoms with Crippen molar-refractivity contribution in [2.24, 2.45) is 0 Å². The molecule has 0 radical (unpaired) electrons. The molecule has 4 nitrogen and oxygen atoms in total. The van der Waals surface area contributed by atoms with Crippen molar-refractivity contribution in [1.82, 2.24) is 9.55 Å². The summed E-state index contributed by atoms with van der Waals surface area (Å²) in [6.07, 6.45) is -0.364. The molecule has 1 aromatic carbocycles. The number of carbonyl (C=O) groups is 1. The third-order valence-electron chi connectivity index (χ3n) is 3.27. The van der Waals surface area contributed by atoms with E-state index in [1.807, 2.05) is 58.0 Å². The largest absolute Gasteiger partial charge is 0.443 e. The summed E-state index contributed by atoms with van der Waals surface area (Å²) in [5.74, 6) is 0. The predicted octanol–water partition coefficient (Wildman–Crippen LogP) is 4.86. The Morgan fingerprint density at radius 2 is 2.00 bits per heavy atom. The smallest absolute Gasteiger partial charge is 0.419 e. The Morgan fingerprint density at radius 3 is 2.64 bits per heavy atom. The Morgan fingerprint density at radius 1 is 1.27 bits per heavy atom. The fraction of sp³-hybridized carbons (Fsp3) is 0.294. The van der Waals surface area contributed by atoms with Crippen molar-refractivity contribution in [3.05, 3.63) is 41.5 Å². The number of rotatable bonds is 1. The monoisotopic (exact) mass is 314 g/mol. The number of hydrogen-bond acceptors (Lipinski definition) is 4. The summed E-state index contributed by atoms with van der Waals surface area (Å²) in [6.45, 7) is 7.56. The molecule has 0 amide bonds. The first-order chi connectivity index (χ1) is 10.4. The van der Waals surface area contributed by atoms with Gasteiger partial charge in [0.1, 0.15) is 5.60 Å². The van der Waals surface area contributed by atoms with Gasteiger partial charge in [-0.25, -0.2) is 14.3 Å². The number of aryl methyl sites for hydroxylation is 1. The lowest BCUT2D eigenvalue weighted by atomic mass is 10.2. The Kier molecular flexibility index (Phi) is 3.53. The summed E-state index contributed by atoms with van der Waals surface area (Å²) >= 11 is 1.53. The lowest BCUT2D eigenvalue weighted by Gasteiger charge is -2.20. The Labute approximate surface area is 133 Å². The Hall–Kier alpha value is -2.14. The highest BCUT2D eigenvalue weighted by molar-refractivity contribution is 7.13. The van der Waals surface area contributed by atoms with E-state index in [1.165, 1.54) is 11.3 Å². The van der Waals surface area contributed by atoms with Crippen LogP contribution in [-0.2, 0) is 4.74 Å². The van der Waals surface area contributed by atoms with Gasteiger partial charge in [0.2, 0.25) is 0 Å². The summed E-state index contributed by atoms with van der Waals surface area (Å²) in [4.78, 5) is 18.0. The Balaban J connectivity index is 2.22. The van der Waals surface area contributed by atoms with Crippen LogP contribution >= 0.6 is 11.3 Å². The minimum absolute atomic E-state index is 0.364. The van der Waals surface area contributed by atoms with Crippen LogP contribution in [0.15, 0.2) is 35.8 Å². The summed E-state index contributed by atoms with van der Waals surface area (Å²) in [5.41, 5.74) is 3.84. The predicted molar refractivity (Wildman–Crippen MR) is 89.4 cm³/mol. The van der Waals surface area contributed by atoms with Crippen molar-refractivity contribution < 1.29 is 9.53 Å². The average Bonchev–Trinajstić information content (AvgIpc) is 2.99. The molecule has 0 saturated heterocycles. The van der Waals surface area contributed by atoms with Crippen molar-refractivity contribution >= 4 is 28.3 Å². The second kappa shape index (κ2) is 5.25. The maximum atomic E-state index is 12.7. The van der Waals surface area contributed by atoms with Crippen molar-refractivity contribution in [2.75, 3.05) is 0 Å². The van der Waals surface area contributed by atoms with Gasteiger partial charge in [-0.3, -0.25) is 0 Å². The van der Waals surface area contributed by atoms with Gasteiger partial charge in [0, 0.05) is 5.39 Å². The maximum absolute atomic E-state index is 12.7. The molecule has 0 atom stereocenters. The van der Waals surface area contributed by atoms with Crippen molar-refractivity contribution in [3.8, 4) is 10.6 Å². The van der Waals surface area contributed by atoms with Gasteiger partial charge >= 0.3 is 6.09 Å². The summed E-state index contributed by atoms with van der Waals surface area (Å²) in [7, 11) is 0. The third-order valence-corrected chi connectivity index (χ3v) is 4.22. The molecule has 114 valence electrons. The lowest BCUT2D eigenvalue weighted by Crippen LogP contribution is -2.27. The van der Waals surface area contributed by atoms with E-state index in [1.54, 1.807) is 10.1 Å². The van der Waals surface area contributed by atoms with Gasteiger partial charge in [-0.2, -0.15) is 0 Å². The molecule has 0 aliphatic rings. The topological polar surface area (TPSA) is 44.1 Å². The molecule has 0 saturated carbocycles. The van der Waals surface area contributed by atoms with Gasteiger partial charge in [0.15, 0.2) is 0 Å². The zero-order valence-corrected chi connectivity index (χ0v) is 13.9. The highest BCUT2D eigenvalue weighted by atomic mass is 32.1. The molecule has 0 fully saturated rings. The molecule has 0 aliphatic heterocycles. The van der Waals surface area contributed by atoms with E-state index in [9.17, 15) is 4.79 Å². The average molecular weight is 314 g/mol. The number of aromatic nitrogens is 2. The quantitative estimate of drug-likeness (QED) is 0.644. The molecule has 0 spiro atoms. The fourth-order valence-electron chi connectivity index (χ4n) is 2.37. The van der Waals surface area contributed by atoms with Gasteiger partial charge in [-0.15, -0.1) is 11.3 Å². The van der Waals surface area contributed by atoms with E-state index < -0.39 is 5.60 Å². The van der Waals surface area contributed by atoms with Crippen LogP contribution in [-0.4, -0.2) is 21.2 Å². The number of fused-ring (bicyclic) bond motifs is 1. The number of nitrogens with zero attached hydrogens (tertiary/aromatic N) is 2. The second-order valence-electron chi connectivity index (χ2n) is 6.17. The lowest BCUT2D eigenvalue weighted by molar-refractivity contribution is 0.0547. The molecule has 0 aliphatic carbocycles. The van der Waals surface area contributed by atoms with Gasteiger partial charge in [0.05, 0.1) is 27.3 Å². The SMILES string of the molecule is Cc1ncsc1-c1cc2ccccc2n1C(=O)OC(C)(C)C. The van der Waals surface area contributed by atoms with Crippen LogP contribution in [0.2, 0.25) is 0 Å². The number of ether oxygens (including phenoxy) is 1. The van der Waals surface area contributed by atoms with Crippen LogP contribution in [0.3, 0.4) is 0 Å². The van der Waals surface area contributed by atoms with Gasteiger partial charge in [-0.1, -0.05) is 18.2 Å². The van der Waals surface area contributed by atoms with Crippen LogP contribution in [0.5, 0.6) is 0 Å². The fourth-order valence-corrected chi connectivity index (χ4v) is 3.18. The summed E-state index contributed by atoms with van der Waals surface area (Å²) in [6, 6.07) is 9.83. The third kappa shape index (κ3) is 2.64. The molecule has 0 bridgehead atoms. The van der Waals surface area contributed by atoms with Crippen molar-refractivity contribution in [3.63, 3.8) is 0 Å². The first-order valence-electron chi connectivity index (χ1n) is 7.11. The van der Waals surface area contributed by atoms with E-state index in [0.717, 1.165) is 27.2 Å². The van der Waals surface area contributed by atoms with Crippen molar-refractivity contribution in [1.29, 1.82) is 0 Å². The van der Waals surface area contributed by atoms with Gasteiger partial charge in [0.25, 0.3) is 0 Å². The molecular formula is C17H18N2O2S. The number of hydrogen-bond donors (Lipinski definition) is 0. The minimum atomic E-state index is -0.539. The van der Waals surface area contributed by atoms with Crippen LogP contribution < -0.4 is 0 Å². The van der Waals surface area contributed by atoms with Crippen LogP contribution in [0.1, 0.15) is 26.5 Å². The first-order valence-corrected chi connectivity index (χ1v) is 7.99. The maximum Gasteiger partial charge on any atom is 0.419 e. The van der Waals surface area contributed by atoms with Crippen LogP contribution in [0.4, 0.5) is 4.79 Å². The summed E-state index contributed by atoms with van der Waals surface area (Å²) < 4.78 is 7.22. The molecule has 22 heavy (non-hydrogen) atoms. The second-order valence-corrected chi connectivity index (χ2v) is 7.03. The van der Waals surface area contributed by atoms with E-state index in [-0.39, 0.29) is 6.09 Å². The Bertz CT molecular complexity index is 840. The number of benzene rings is 1. The molecule has 0 unspecified atom stereocenters. The number of para-hydroxylation sites is 1. The normalized spacial score (nSPS) is 11.8. The highest BCUT2D eigenvalue weighted by Gasteiger charge is 2.23. The zero-order chi connectivity index (χ0) is 15.9. The van der Waals surface area contributed by atoms with Crippen LogP contribution in [0, 0.1) is 6.92 Å².